The summed E-state index contributed by atoms with van der Waals surface area (Å²) in [5.41, 5.74) is 1.47. The second-order valence-electron chi connectivity index (χ2n) is 4.61. The van der Waals surface area contributed by atoms with Crippen LogP contribution in [-0.2, 0) is 6.54 Å². The van der Waals surface area contributed by atoms with Gasteiger partial charge in [-0.25, -0.2) is 8.78 Å². The van der Waals surface area contributed by atoms with Crippen LogP contribution in [0.25, 0.3) is 0 Å². The van der Waals surface area contributed by atoms with Gasteiger partial charge in [-0.1, -0.05) is 12.1 Å². The minimum atomic E-state index is -0.417. The molecule has 1 N–H and O–H groups in total. The van der Waals surface area contributed by atoms with Crippen molar-refractivity contribution in [3.05, 3.63) is 65.2 Å². The zero-order chi connectivity index (χ0) is 14.5. The zero-order valence-corrected chi connectivity index (χ0v) is 12.3. The highest BCUT2D eigenvalue weighted by Gasteiger charge is 2.08. The molecule has 0 radical (unpaired) electrons. The van der Waals surface area contributed by atoms with Gasteiger partial charge in [0.25, 0.3) is 0 Å². The van der Waals surface area contributed by atoms with Gasteiger partial charge in [-0.15, -0.1) is 11.8 Å². The minimum absolute atomic E-state index is 0.0774. The molecule has 0 amide bonds. The Hall–Kier alpha value is -1.39. The van der Waals surface area contributed by atoms with E-state index in [9.17, 15) is 8.78 Å². The Bertz CT molecular complexity index is 569. The van der Waals surface area contributed by atoms with Crippen molar-refractivity contribution in [2.45, 2.75) is 24.4 Å². The molecule has 0 saturated heterocycles. The SMILES string of the molecule is CSc1ccc(C(C)NCc2cc(F)ccc2F)cc1. The van der Waals surface area contributed by atoms with Crippen molar-refractivity contribution in [3.63, 3.8) is 0 Å². The predicted molar refractivity (Wildman–Crippen MR) is 79.8 cm³/mol. The minimum Gasteiger partial charge on any atom is -0.306 e. The molecule has 2 aromatic rings. The van der Waals surface area contributed by atoms with Gasteiger partial charge in [0.15, 0.2) is 0 Å². The first-order valence-corrected chi connectivity index (χ1v) is 7.64. The summed E-state index contributed by atoms with van der Waals surface area (Å²) < 4.78 is 26.6. The number of nitrogens with one attached hydrogen (secondary N) is 1. The first-order chi connectivity index (χ1) is 9.60. The molecular formula is C16H17F2NS. The van der Waals surface area contributed by atoms with Gasteiger partial charge in [0, 0.05) is 23.0 Å². The maximum Gasteiger partial charge on any atom is 0.127 e. The molecule has 0 fully saturated rings. The lowest BCUT2D eigenvalue weighted by atomic mass is 10.1. The molecule has 0 spiro atoms. The molecule has 4 heteroatoms. The lowest BCUT2D eigenvalue weighted by Gasteiger charge is -2.15. The van der Waals surface area contributed by atoms with Crippen molar-refractivity contribution < 1.29 is 8.78 Å². The molecule has 0 aliphatic heterocycles. The van der Waals surface area contributed by atoms with Gasteiger partial charge in [-0.05, 0) is 49.1 Å². The molecule has 0 heterocycles. The summed E-state index contributed by atoms with van der Waals surface area (Å²) in [5, 5.41) is 3.21. The van der Waals surface area contributed by atoms with E-state index in [1.54, 1.807) is 11.8 Å². The summed E-state index contributed by atoms with van der Waals surface area (Å²) in [6.45, 7) is 2.31. The fraction of sp³-hybridized carbons (Fsp3) is 0.250. The van der Waals surface area contributed by atoms with Crippen molar-refractivity contribution in [3.8, 4) is 0 Å². The van der Waals surface area contributed by atoms with Crippen molar-refractivity contribution in [2.24, 2.45) is 0 Å². The molecular weight excluding hydrogens is 276 g/mol. The summed E-state index contributed by atoms with van der Waals surface area (Å²) in [6.07, 6.45) is 2.03. The zero-order valence-electron chi connectivity index (χ0n) is 11.5. The van der Waals surface area contributed by atoms with Gasteiger partial charge >= 0.3 is 0 Å². The Morgan fingerprint density at radius 2 is 1.80 bits per heavy atom. The smallest absolute Gasteiger partial charge is 0.127 e. The van der Waals surface area contributed by atoms with Crippen LogP contribution in [0.15, 0.2) is 47.4 Å². The monoisotopic (exact) mass is 293 g/mol. The second kappa shape index (κ2) is 6.86. The summed E-state index contributed by atoms with van der Waals surface area (Å²) in [5.74, 6) is -0.802. The first-order valence-electron chi connectivity index (χ1n) is 6.41. The molecule has 1 atom stereocenters. The topological polar surface area (TPSA) is 12.0 Å². The van der Waals surface area contributed by atoms with E-state index in [4.69, 9.17) is 0 Å². The summed E-state index contributed by atoms with van der Waals surface area (Å²) in [6, 6.07) is 11.8. The molecule has 0 aliphatic rings. The molecule has 0 bridgehead atoms. The number of thioether (sulfide) groups is 1. The van der Waals surface area contributed by atoms with Crippen LogP contribution in [-0.4, -0.2) is 6.26 Å². The van der Waals surface area contributed by atoms with Crippen LogP contribution in [0.2, 0.25) is 0 Å². The third kappa shape index (κ3) is 3.81. The van der Waals surface area contributed by atoms with Gasteiger partial charge < -0.3 is 5.32 Å². The van der Waals surface area contributed by atoms with Crippen molar-refractivity contribution in [1.82, 2.24) is 5.32 Å². The molecule has 106 valence electrons. The predicted octanol–water partition coefficient (Wildman–Crippen LogP) is 4.54. The molecule has 1 unspecified atom stereocenters. The average molecular weight is 293 g/mol. The van der Waals surface area contributed by atoms with Gasteiger partial charge in [0.1, 0.15) is 11.6 Å². The van der Waals surface area contributed by atoms with E-state index in [1.165, 1.54) is 11.0 Å². The molecule has 20 heavy (non-hydrogen) atoms. The number of hydrogen-bond acceptors (Lipinski definition) is 2. The van der Waals surface area contributed by atoms with Crippen molar-refractivity contribution >= 4 is 11.8 Å². The van der Waals surface area contributed by atoms with Gasteiger partial charge in [-0.3, -0.25) is 0 Å². The Morgan fingerprint density at radius 1 is 1.10 bits per heavy atom. The van der Waals surface area contributed by atoms with E-state index in [2.05, 4.69) is 17.4 Å². The number of rotatable bonds is 5. The van der Waals surface area contributed by atoms with E-state index >= 15 is 0 Å². The summed E-state index contributed by atoms with van der Waals surface area (Å²) in [7, 11) is 0. The quantitative estimate of drug-likeness (QED) is 0.812. The maximum absolute atomic E-state index is 13.5. The van der Waals surface area contributed by atoms with Crippen LogP contribution in [0.5, 0.6) is 0 Å². The Labute approximate surface area is 122 Å². The highest BCUT2D eigenvalue weighted by molar-refractivity contribution is 7.98. The van der Waals surface area contributed by atoms with Crippen molar-refractivity contribution in [1.29, 1.82) is 0 Å². The largest absolute Gasteiger partial charge is 0.306 e. The van der Waals surface area contributed by atoms with E-state index < -0.39 is 5.82 Å². The van der Waals surface area contributed by atoms with Crippen LogP contribution in [0, 0.1) is 11.6 Å². The number of benzene rings is 2. The molecule has 0 aliphatic carbocycles. The Morgan fingerprint density at radius 3 is 2.45 bits per heavy atom. The Kier molecular flexibility index (Phi) is 5.15. The normalized spacial score (nSPS) is 12.4. The lowest BCUT2D eigenvalue weighted by molar-refractivity contribution is 0.535. The molecule has 1 nitrogen and oxygen atoms in total. The summed E-state index contributed by atoms with van der Waals surface area (Å²) in [4.78, 5) is 1.21. The first kappa shape index (κ1) is 15.0. The molecule has 0 saturated carbocycles. The van der Waals surface area contributed by atoms with Crippen LogP contribution in [0.1, 0.15) is 24.1 Å². The van der Waals surface area contributed by atoms with E-state index in [-0.39, 0.29) is 11.9 Å². The van der Waals surface area contributed by atoms with E-state index in [0.717, 1.165) is 17.7 Å². The van der Waals surface area contributed by atoms with Crippen molar-refractivity contribution in [2.75, 3.05) is 6.26 Å². The molecule has 2 aromatic carbocycles. The standard InChI is InChI=1S/C16H17F2NS/c1-11(12-3-6-15(20-2)7-4-12)19-10-13-9-14(17)5-8-16(13)18/h3-9,11,19H,10H2,1-2H3. The second-order valence-corrected chi connectivity index (χ2v) is 5.49. The maximum atomic E-state index is 13.5. The highest BCUT2D eigenvalue weighted by atomic mass is 32.2. The van der Waals surface area contributed by atoms with Crippen LogP contribution < -0.4 is 5.32 Å². The summed E-state index contributed by atoms with van der Waals surface area (Å²) >= 11 is 1.69. The highest BCUT2D eigenvalue weighted by Crippen LogP contribution is 2.19. The average Bonchev–Trinajstić information content (AvgIpc) is 2.48. The van der Waals surface area contributed by atoms with Crippen LogP contribution >= 0.6 is 11.8 Å². The molecule has 0 aromatic heterocycles. The Balaban J connectivity index is 2.00. The fourth-order valence-electron chi connectivity index (χ4n) is 1.95. The van der Waals surface area contributed by atoms with Crippen LogP contribution in [0.4, 0.5) is 8.78 Å². The van der Waals surface area contributed by atoms with Gasteiger partial charge in [-0.2, -0.15) is 0 Å². The number of hydrogen-bond donors (Lipinski definition) is 1. The lowest BCUT2D eigenvalue weighted by Crippen LogP contribution is -2.18. The van der Waals surface area contributed by atoms with Crippen LogP contribution in [0.3, 0.4) is 0 Å². The van der Waals surface area contributed by atoms with Gasteiger partial charge in [0.2, 0.25) is 0 Å². The molecule has 2 rings (SSSR count). The number of halogens is 2. The third-order valence-corrected chi connectivity index (χ3v) is 3.97. The van der Waals surface area contributed by atoms with E-state index in [0.29, 0.717) is 12.1 Å². The fourth-order valence-corrected chi connectivity index (χ4v) is 2.36. The third-order valence-electron chi connectivity index (χ3n) is 3.22. The van der Waals surface area contributed by atoms with E-state index in [1.807, 2.05) is 25.3 Å². The van der Waals surface area contributed by atoms with Gasteiger partial charge in [0.05, 0.1) is 0 Å².